The molecule has 2 aromatic carbocycles. The summed E-state index contributed by atoms with van der Waals surface area (Å²) in [6.07, 6.45) is 6.18. The number of benzene rings is 2. The number of nitrogens with one attached hydrogen (secondary N) is 1. The first-order valence-electron chi connectivity index (χ1n) is 13.7. The Morgan fingerprint density at radius 3 is 1.92 bits per heavy atom. The van der Waals surface area contributed by atoms with E-state index in [0.717, 1.165) is 66.5 Å². The van der Waals surface area contributed by atoms with Crippen LogP contribution < -0.4 is 15.1 Å². The summed E-state index contributed by atoms with van der Waals surface area (Å²) in [5, 5.41) is 22.0. The highest BCUT2D eigenvalue weighted by atomic mass is 16.3. The molecule has 1 aliphatic rings. The smallest absolute Gasteiger partial charge is 0.184 e. The Morgan fingerprint density at radius 2 is 1.39 bits per heavy atom. The van der Waals surface area contributed by atoms with Crippen molar-refractivity contribution >= 4 is 28.6 Å². The van der Waals surface area contributed by atoms with Crippen molar-refractivity contribution in [3.63, 3.8) is 0 Å². The van der Waals surface area contributed by atoms with E-state index in [9.17, 15) is 15.0 Å². The first-order valence-corrected chi connectivity index (χ1v) is 13.7. The number of ketones is 1. The van der Waals surface area contributed by atoms with Crippen LogP contribution in [0.2, 0.25) is 0 Å². The van der Waals surface area contributed by atoms with Gasteiger partial charge in [-0.2, -0.15) is 0 Å². The summed E-state index contributed by atoms with van der Waals surface area (Å²) >= 11 is 0. The number of allylic oxidation sites excluding steroid dienone is 3. The van der Waals surface area contributed by atoms with Crippen LogP contribution in [0.3, 0.4) is 0 Å². The number of rotatable bonds is 15. The highest BCUT2D eigenvalue weighted by Gasteiger charge is 2.19. The summed E-state index contributed by atoms with van der Waals surface area (Å²) in [4.78, 5) is 22.2. The summed E-state index contributed by atoms with van der Waals surface area (Å²) in [6, 6.07) is 16.2. The van der Waals surface area contributed by atoms with E-state index in [1.54, 1.807) is 6.08 Å². The standard InChI is InChI=1S/C31H42N4O3/c1-4-7-16-32-29-23-31(38)25(21-24-8-12-27(13-9-24)34(5-2)17-19-36)22-30(29)33-26-10-14-28(15-11-26)35(6-3)18-20-37/h8-15,22-23,32,36-37H,4-7,16-21H2,1-3H3. The van der Waals surface area contributed by atoms with E-state index >= 15 is 0 Å². The molecule has 3 N–H and O–H groups in total. The minimum absolute atomic E-state index is 0.000397. The molecule has 38 heavy (non-hydrogen) atoms. The highest BCUT2D eigenvalue weighted by Crippen LogP contribution is 2.24. The first-order chi connectivity index (χ1) is 18.5. The monoisotopic (exact) mass is 518 g/mol. The summed E-state index contributed by atoms with van der Waals surface area (Å²) in [7, 11) is 0. The molecule has 1 aliphatic carbocycles. The van der Waals surface area contributed by atoms with Gasteiger partial charge in [0.05, 0.1) is 30.3 Å². The summed E-state index contributed by atoms with van der Waals surface area (Å²) in [6.45, 7) is 10.1. The Morgan fingerprint density at radius 1 is 0.816 bits per heavy atom. The Hall–Kier alpha value is -3.42. The molecule has 0 aliphatic heterocycles. The van der Waals surface area contributed by atoms with E-state index in [1.807, 2.05) is 54.6 Å². The number of aliphatic hydroxyl groups excluding tert-OH is 2. The second-order valence-corrected chi connectivity index (χ2v) is 9.34. The van der Waals surface area contributed by atoms with E-state index in [4.69, 9.17) is 4.99 Å². The molecule has 0 saturated carbocycles. The van der Waals surface area contributed by atoms with Crippen LogP contribution in [0.15, 0.2) is 76.9 Å². The van der Waals surface area contributed by atoms with E-state index in [0.29, 0.717) is 25.1 Å². The number of aliphatic hydroxyl groups is 2. The number of hydrogen-bond donors (Lipinski definition) is 3. The summed E-state index contributed by atoms with van der Waals surface area (Å²) in [5.74, 6) is 0.000397. The van der Waals surface area contributed by atoms with E-state index in [-0.39, 0.29) is 19.0 Å². The number of aliphatic imine (C=N–C) groups is 1. The molecule has 0 fully saturated rings. The molecule has 0 heterocycles. The number of anilines is 2. The van der Waals surface area contributed by atoms with Gasteiger partial charge >= 0.3 is 0 Å². The molecule has 0 radical (unpaired) electrons. The largest absolute Gasteiger partial charge is 0.395 e. The minimum atomic E-state index is 0.000397. The van der Waals surface area contributed by atoms with Crippen LogP contribution in [0.25, 0.3) is 0 Å². The molecule has 3 rings (SSSR count). The summed E-state index contributed by atoms with van der Waals surface area (Å²) < 4.78 is 0. The maximum absolute atomic E-state index is 13.1. The van der Waals surface area contributed by atoms with Gasteiger partial charge in [-0.1, -0.05) is 25.5 Å². The van der Waals surface area contributed by atoms with Gasteiger partial charge in [0.2, 0.25) is 0 Å². The van der Waals surface area contributed by atoms with Crippen molar-refractivity contribution < 1.29 is 15.0 Å². The van der Waals surface area contributed by atoms with Crippen LogP contribution in [0.4, 0.5) is 17.1 Å². The normalized spacial score (nSPS) is 14.3. The van der Waals surface area contributed by atoms with Gasteiger partial charge in [0, 0.05) is 62.2 Å². The van der Waals surface area contributed by atoms with Gasteiger partial charge < -0.3 is 25.3 Å². The Kier molecular flexibility index (Phi) is 11.6. The van der Waals surface area contributed by atoms with Gasteiger partial charge in [0.15, 0.2) is 5.78 Å². The molecule has 0 aromatic heterocycles. The van der Waals surface area contributed by atoms with E-state index < -0.39 is 0 Å². The highest BCUT2D eigenvalue weighted by molar-refractivity contribution is 6.22. The van der Waals surface area contributed by atoms with Gasteiger partial charge in [-0.15, -0.1) is 0 Å². The van der Waals surface area contributed by atoms with Crippen molar-refractivity contribution in [2.75, 3.05) is 55.7 Å². The molecule has 2 aromatic rings. The molecular formula is C31H42N4O3. The molecule has 7 nitrogen and oxygen atoms in total. The van der Waals surface area contributed by atoms with E-state index in [1.165, 1.54) is 0 Å². The van der Waals surface area contributed by atoms with Crippen LogP contribution in [0.1, 0.15) is 39.2 Å². The van der Waals surface area contributed by atoms with Crippen LogP contribution in [0, 0.1) is 0 Å². The van der Waals surface area contributed by atoms with Gasteiger partial charge in [0.25, 0.3) is 0 Å². The lowest BCUT2D eigenvalue weighted by atomic mass is 9.94. The van der Waals surface area contributed by atoms with Crippen molar-refractivity contribution in [3.05, 3.63) is 77.5 Å². The fraction of sp³-hybridized carbons (Fsp3) is 0.419. The summed E-state index contributed by atoms with van der Waals surface area (Å²) in [5.41, 5.74) is 6.18. The Bertz CT molecular complexity index is 1120. The fourth-order valence-corrected chi connectivity index (χ4v) is 4.49. The van der Waals surface area contributed by atoms with Crippen molar-refractivity contribution in [1.29, 1.82) is 0 Å². The topological polar surface area (TPSA) is 88.4 Å². The van der Waals surface area contributed by atoms with Crippen LogP contribution in [-0.2, 0) is 11.2 Å². The molecular weight excluding hydrogens is 476 g/mol. The molecule has 0 spiro atoms. The zero-order valence-corrected chi connectivity index (χ0v) is 23.0. The number of likely N-dealkylation sites (N-methyl/N-ethyl adjacent to an activating group) is 2. The predicted octanol–water partition coefficient (Wildman–Crippen LogP) is 4.42. The number of carbonyl (C=O) groups excluding carboxylic acids is 1. The lowest BCUT2D eigenvalue weighted by molar-refractivity contribution is -0.111. The predicted molar refractivity (Wildman–Crippen MR) is 158 cm³/mol. The van der Waals surface area contributed by atoms with Crippen LogP contribution >= 0.6 is 0 Å². The Labute approximate surface area is 227 Å². The van der Waals surface area contributed by atoms with Crippen molar-refractivity contribution in [2.45, 2.75) is 40.0 Å². The first kappa shape index (κ1) is 29.1. The molecule has 0 amide bonds. The molecule has 204 valence electrons. The van der Waals surface area contributed by atoms with E-state index in [2.05, 4.69) is 35.9 Å². The lowest BCUT2D eigenvalue weighted by Gasteiger charge is -2.22. The van der Waals surface area contributed by atoms with Crippen molar-refractivity contribution in [1.82, 2.24) is 5.32 Å². The Balaban J connectivity index is 1.85. The minimum Gasteiger partial charge on any atom is -0.395 e. The third kappa shape index (κ3) is 8.04. The van der Waals surface area contributed by atoms with Crippen molar-refractivity contribution in [3.8, 4) is 0 Å². The zero-order chi connectivity index (χ0) is 27.3. The number of carbonyl (C=O) groups is 1. The second kappa shape index (κ2) is 15.1. The zero-order valence-electron chi connectivity index (χ0n) is 23.0. The quantitative estimate of drug-likeness (QED) is 0.239. The fourth-order valence-electron chi connectivity index (χ4n) is 4.49. The number of nitrogens with zero attached hydrogens (tertiary/aromatic N) is 3. The molecule has 0 bridgehead atoms. The van der Waals surface area contributed by atoms with Crippen LogP contribution in [-0.4, -0.2) is 67.6 Å². The third-order valence-electron chi connectivity index (χ3n) is 6.69. The maximum Gasteiger partial charge on any atom is 0.184 e. The molecule has 0 unspecified atom stereocenters. The average molecular weight is 519 g/mol. The number of hydrogen-bond acceptors (Lipinski definition) is 7. The SMILES string of the molecule is CCCCNC1=CC(=O)C(Cc2ccc(N(CC)CCO)cc2)=CC1=Nc1ccc(N(CC)CCO)cc1. The maximum atomic E-state index is 13.1. The van der Waals surface area contributed by atoms with Gasteiger partial charge in [-0.3, -0.25) is 4.79 Å². The average Bonchev–Trinajstić information content (AvgIpc) is 2.94. The van der Waals surface area contributed by atoms with Gasteiger partial charge in [0.1, 0.15) is 0 Å². The lowest BCUT2D eigenvalue weighted by Crippen LogP contribution is -2.26. The number of unbranched alkanes of at least 4 members (excludes halogenated alkanes) is 1. The van der Waals surface area contributed by atoms with Crippen LogP contribution in [0.5, 0.6) is 0 Å². The second-order valence-electron chi connectivity index (χ2n) is 9.34. The third-order valence-corrected chi connectivity index (χ3v) is 6.69. The van der Waals surface area contributed by atoms with Gasteiger partial charge in [-0.05, 0) is 68.3 Å². The molecule has 0 saturated heterocycles. The molecule has 7 heteroatoms. The van der Waals surface area contributed by atoms with Gasteiger partial charge in [-0.25, -0.2) is 4.99 Å². The van der Waals surface area contributed by atoms with Crippen molar-refractivity contribution in [2.24, 2.45) is 4.99 Å². The molecule has 0 atom stereocenters.